The van der Waals surface area contributed by atoms with Crippen LogP contribution >= 0.6 is 0 Å². The summed E-state index contributed by atoms with van der Waals surface area (Å²) < 4.78 is 0. The molecular weight excluding hydrogens is 238 g/mol. The third-order valence-corrected chi connectivity index (χ3v) is 4.41. The van der Waals surface area contributed by atoms with E-state index in [1.807, 2.05) is 6.92 Å². The maximum absolute atomic E-state index is 11.6. The number of nitrogens with one attached hydrogen (secondary N) is 1. The van der Waals surface area contributed by atoms with Gasteiger partial charge in [-0.1, -0.05) is 20.3 Å². The molecule has 0 radical (unpaired) electrons. The van der Waals surface area contributed by atoms with Crippen molar-refractivity contribution in [3.63, 3.8) is 0 Å². The summed E-state index contributed by atoms with van der Waals surface area (Å²) in [7, 11) is 0. The number of carbonyl (C=O) groups excluding carboxylic acids is 1. The van der Waals surface area contributed by atoms with Crippen LogP contribution in [0.2, 0.25) is 0 Å². The smallest absolute Gasteiger partial charge is 0.237 e. The van der Waals surface area contributed by atoms with Gasteiger partial charge in [-0.2, -0.15) is 0 Å². The molecule has 2 unspecified atom stereocenters. The zero-order valence-corrected chi connectivity index (χ0v) is 12.9. The molecule has 1 aliphatic rings. The van der Waals surface area contributed by atoms with Gasteiger partial charge in [0.05, 0.1) is 5.54 Å². The second-order valence-corrected chi connectivity index (χ2v) is 6.09. The van der Waals surface area contributed by atoms with E-state index in [9.17, 15) is 4.79 Å². The molecule has 2 atom stereocenters. The number of hydrogen-bond donors (Lipinski definition) is 2. The summed E-state index contributed by atoms with van der Waals surface area (Å²) in [6.07, 6.45) is 5.50. The Bertz CT molecular complexity index is 283. The average Bonchev–Trinajstić information content (AvgIpc) is 2.84. The van der Waals surface area contributed by atoms with Crippen molar-refractivity contribution in [2.24, 2.45) is 11.7 Å². The minimum absolute atomic E-state index is 0.228. The fourth-order valence-electron chi connectivity index (χ4n) is 2.80. The number of likely N-dealkylation sites (tertiary alicyclic amines) is 1. The van der Waals surface area contributed by atoms with Gasteiger partial charge in [0.25, 0.3) is 0 Å². The molecule has 1 saturated heterocycles. The normalized spacial score (nSPS) is 23.4. The Morgan fingerprint density at radius 3 is 2.74 bits per heavy atom. The predicted molar refractivity (Wildman–Crippen MR) is 80.0 cm³/mol. The summed E-state index contributed by atoms with van der Waals surface area (Å²) in [4.78, 5) is 14.1. The summed E-state index contributed by atoms with van der Waals surface area (Å²) >= 11 is 0. The Hall–Kier alpha value is -0.610. The van der Waals surface area contributed by atoms with E-state index in [4.69, 9.17) is 5.73 Å². The van der Waals surface area contributed by atoms with Crippen molar-refractivity contribution in [1.82, 2.24) is 10.2 Å². The molecule has 1 aliphatic heterocycles. The van der Waals surface area contributed by atoms with Crippen LogP contribution in [-0.4, -0.2) is 42.5 Å². The average molecular weight is 269 g/mol. The molecule has 0 aromatic rings. The van der Waals surface area contributed by atoms with E-state index in [1.165, 1.54) is 25.9 Å². The van der Waals surface area contributed by atoms with Crippen LogP contribution < -0.4 is 11.1 Å². The predicted octanol–water partition coefficient (Wildman–Crippen LogP) is 1.74. The van der Waals surface area contributed by atoms with E-state index in [1.54, 1.807) is 0 Å². The van der Waals surface area contributed by atoms with Gasteiger partial charge in [-0.3, -0.25) is 4.79 Å². The highest BCUT2D eigenvalue weighted by atomic mass is 16.1. The number of nitrogens with two attached hydrogens (primary N) is 1. The molecule has 0 aromatic heterocycles. The van der Waals surface area contributed by atoms with Crippen molar-refractivity contribution < 1.29 is 4.79 Å². The molecule has 3 N–H and O–H groups in total. The molecule has 1 fully saturated rings. The summed E-state index contributed by atoms with van der Waals surface area (Å²) in [5.74, 6) is 0.648. The zero-order chi connectivity index (χ0) is 14.3. The minimum Gasteiger partial charge on any atom is -0.368 e. The van der Waals surface area contributed by atoms with Crippen molar-refractivity contribution in [3.8, 4) is 0 Å². The number of carbonyl (C=O) groups is 1. The highest BCUT2D eigenvalue weighted by Crippen LogP contribution is 2.20. The van der Waals surface area contributed by atoms with Crippen molar-refractivity contribution in [2.45, 2.75) is 58.4 Å². The van der Waals surface area contributed by atoms with E-state index in [2.05, 4.69) is 24.1 Å². The highest BCUT2D eigenvalue weighted by Gasteiger charge is 2.30. The molecule has 19 heavy (non-hydrogen) atoms. The SMILES string of the molecule is CCCNC(C)(CCCN1CCC(CC)C1)C(N)=O. The van der Waals surface area contributed by atoms with Gasteiger partial charge in [0.1, 0.15) is 0 Å². The number of nitrogens with zero attached hydrogens (tertiary/aromatic N) is 1. The molecular formula is C15H31N3O. The molecule has 0 bridgehead atoms. The molecule has 0 aliphatic carbocycles. The Morgan fingerprint density at radius 2 is 2.21 bits per heavy atom. The molecule has 1 heterocycles. The third-order valence-electron chi connectivity index (χ3n) is 4.41. The molecule has 0 spiro atoms. The van der Waals surface area contributed by atoms with Gasteiger partial charge in [0, 0.05) is 6.54 Å². The van der Waals surface area contributed by atoms with Crippen LogP contribution in [0.25, 0.3) is 0 Å². The molecule has 4 heteroatoms. The number of amides is 1. The Labute approximate surface area is 118 Å². The largest absolute Gasteiger partial charge is 0.368 e. The Morgan fingerprint density at radius 1 is 1.47 bits per heavy atom. The molecule has 112 valence electrons. The summed E-state index contributed by atoms with van der Waals surface area (Å²) in [6, 6.07) is 0. The van der Waals surface area contributed by atoms with E-state index in [0.717, 1.165) is 38.3 Å². The van der Waals surface area contributed by atoms with Crippen LogP contribution in [0.15, 0.2) is 0 Å². The minimum atomic E-state index is -0.542. The maximum Gasteiger partial charge on any atom is 0.237 e. The molecule has 0 saturated carbocycles. The monoisotopic (exact) mass is 269 g/mol. The fraction of sp³-hybridized carbons (Fsp3) is 0.933. The van der Waals surface area contributed by atoms with Crippen LogP contribution in [-0.2, 0) is 4.79 Å². The van der Waals surface area contributed by atoms with Gasteiger partial charge < -0.3 is 16.0 Å². The number of primary amides is 1. The van der Waals surface area contributed by atoms with Crippen LogP contribution in [0.1, 0.15) is 52.9 Å². The van der Waals surface area contributed by atoms with Gasteiger partial charge in [0.2, 0.25) is 5.91 Å². The van der Waals surface area contributed by atoms with Crippen LogP contribution in [0.3, 0.4) is 0 Å². The Kier molecular flexibility index (Phi) is 6.80. The fourth-order valence-corrected chi connectivity index (χ4v) is 2.80. The first-order valence-electron chi connectivity index (χ1n) is 7.79. The van der Waals surface area contributed by atoms with Gasteiger partial charge >= 0.3 is 0 Å². The number of rotatable bonds is 9. The standard InChI is InChI=1S/C15H31N3O/c1-4-9-17-15(3,14(16)19)8-6-10-18-11-7-13(5-2)12-18/h13,17H,4-12H2,1-3H3,(H2,16,19). The summed E-state index contributed by atoms with van der Waals surface area (Å²) in [5.41, 5.74) is 4.99. The lowest BCUT2D eigenvalue weighted by atomic mass is 9.94. The van der Waals surface area contributed by atoms with Gasteiger partial charge in [-0.25, -0.2) is 0 Å². The van der Waals surface area contributed by atoms with Crippen LogP contribution in [0.5, 0.6) is 0 Å². The number of hydrogen-bond acceptors (Lipinski definition) is 3. The maximum atomic E-state index is 11.6. The topological polar surface area (TPSA) is 58.4 Å². The lowest BCUT2D eigenvalue weighted by Crippen LogP contribution is -2.53. The first kappa shape index (κ1) is 16.4. The van der Waals surface area contributed by atoms with Gasteiger partial charge in [-0.15, -0.1) is 0 Å². The molecule has 1 rings (SSSR count). The second-order valence-electron chi connectivity index (χ2n) is 6.09. The van der Waals surface area contributed by atoms with Crippen molar-refractivity contribution in [3.05, 3.63) is 0 Å². The van der Waals surface area contributed by atoms with Gasteiger partial charge in [0.15, 0.2) is 0 Å². The van der Waals surface area contributed by atoms with Crippen molar-refractivity contribution in [2.75, 3.05) is 26.2 Å². The quantitative estimate of drug-likeness (QED) is 0.670. The molecule has 0 aromatic carbocycles. The molecule has 1 amide bonds. The first-order valence-corrected chi connectivity index (χ1v) is 7.79. The second kappa shape index (κ2) is 7.85. The lowest BCUT2D eigenvalue weighted by molar-refractivity contribution is -0.124. The third kappa shape index (κ3) is 5.11. The van der Waals surface area contributed by atoms with E-state index >= 15 is 0 Å². The van der Waals surface area contributed by atoms with E-state index < -0.39 is 5.54 Å². The highest BCUT2D eigenvalue weighted by molar-refractivity contribution is 5.84. The van der Waals surface area contributed by atoms with Gasteiger partial charge in [-0.05, 0) is 58.2 Å². The van der Waals surface area contributed by atoms with Crippen LogP contribution in [0.4, 0.5) is 0 Å². The zero-order valence-electron chi connectivity index (χ0n) is 12.9. The lowest BCUT2D eigenvalue weighted by Gasteiger charge is -2.28. The first-order chi connectivity index (χ1) is 9.01. The Balaban J connectivity index is 2.30. The summed E-state index contributed by atoms with van der Waals surface area (Å²) in [5, 5.41) is 3.30. The molecule has 4 nitrogen and oxygen atoms in total. The van der Waals surface area contributed by atoms with Crippen molar-refractivity contribution >= 4 is 5.91 Å². The van der Waals surface area contributed by atoms with E-state index in [0.29, 0.717) is 0 Å². The van der Waals surface area contributed by atoms with E-state index in [-0.39, 0.29) is 5.91 Å². The van der Waals surface area contributed by atoms with Crippen molar-refractivity contribution in [1.29, 1.82) is 0 Å². The summed E-state index contributed by atoms with van der Waals surface area (Å²) in [6.45, 7) is 10.7. The van der Waals surface area contributed by atoms with Crippen LogP contribution in [0, 0.1) is 5.92 Å².